The van der Waals surface area contributed by atoms with Crippen molar-refractivity contribution >= 4 is 11.6 Å². The highest BCUT2D eigenvalue weighted by Gasteiger charge is 2.32. The molecule has 0 bridgehead atoms. The fourth-order valence-corrected chi connectivity index (χ4v) is 0.888. The molecule has 0 fully saturated rings. The molecule has 0 saturated heterocycles. The van der Waals surface area contributed by atoms with E-state index in [0.717, 1.165) is 6.92 Å². The van der Waals surface area contributed by atoms with Crippen LogP contribution >= 0.6 is 0 Å². The fourth-order valence-electron chi connectivity index (χ4n) is 0.888. The second kappa shape index (κ2) is 5.16. The van der Waals surface area contributed by atoms with Crippen LogP contribution in [0.1, 0.15) is 13.8 Å². The minimum absolute atomic E-state index is 0.797. The molecule has 0 aromatic rings. The molecule has 0 aliphatic carbocycles. The van der Waals surface area contributed by atoms with Gasteiger partial charge in [-0.3, -0.25) is 9.59 Å². The summed E-state index contributed by atoms with van der Waals surface area (Å²) in [5.41, 5.74) is 5.21. The first-order valence-corrected chi connectivity index (χ1v) is 4.13. The van der Waals surface area contributed by atoms with Crippen molar-refractivity contribution in [3.8, 4) is 0 Å². The van der Waals surface area contributed by atoms with Crippen LogP contribution in [0.2, 0.25) is 0 Å². The highest BCUT2D eigenvalue weighted by atomic mass is 16.4. The molecule has 0 aromatic heterocycles. The third kappa shape index (κ3) is 3.15. The Hall–Kier alpha value is -0.820. The molecule has 82 valence electrons. The van der Waals surface area contributed by atoms with Crippen molar-refractivity contribution in [1.29, 1.82) is 0 Å². The van der Waals surface area contributed by atoms with Crippen LogP contribution in [-0.4, -0.2) is 51.2 Å². The van der Waals surface area contributed by atoms with Gasteiger partial charge in [-0.15, -0.1) is 0 Å². The van der Waals surface area contributed by atoms with Gasteiger partial charge in [-0.2, -0.15) is 0 Å². The Kier molecular flexibility index (Phi) is 4.86. The molecule has 0 amide bonds. The number of aliphatic hydroxyl groups is 3. The Bertz CT molecular complexity index is 228. The predicted molar refractivity (Wildman–Crippen MR) is 47.4 cm³/mol. The van der Waals surface area contributed by atoms with Crippen molar-refractivity contribution < 1.29 is 24.9 Å². The molecule has 0 unspecified atom stereocenters. The van der Waals surface area contributed by atoms with Crippen molar-refractivity contribution in [3.05, 3.63) is 0 Å². The van der Waals surface area contributed by atoms with E-state index in [1.54, 1.807) is 0 Å². The second-order valence-corrected chi connectivity index (χ2v) is 3.17. The average molecular weight is 205 g/mol. The summed E-state index contributed by atoms with van der Waals surface area (Å²) in [6, 6.07) is -1.50. The van der Waals surface area contributed by atoms with Gasteiger partial charge in [-0.05, 0) is 6.92 Å². The van der Waals surface area contributed by atoms with Crippen molar-refractivity contribution in [2.45, 2.75) is 38.2 Å². The van der Waals surface area contributed by atoms with Crippen LogP contribution in [0, 0.1) is 0 Å². The molecule has 0 aromatic carbocycles. The number of carbonyl (C=O) groups excluding carboxylic acids is 2. The molecule has 0 radical (unpaired) electrons. The van der Waals surface area contributed by atoms with E-state index in [2.05, 4.69) is 0 Å². The van der Waals surface area contributed by atoms with Crippen molar-refractivity contribution in [2.24, 2.45) is 5.73 Å². The van der Waals surface area contributed by atoms with E-state index in [1.165, 1.54) is 6.92 Å². The van der Waals surface area contributed by atoms with Gasteiger partial charge in [0, 0.05) is 6.92 Å². The van der Waals surface area contributed by atoms with Gasteiger partial charge in [0.25, 0.3) is 0 Å². The van der Waals surface area contributed by atoms with Crippen LogP contribution < -0.4 is 5.73 Å². The van der Waals surface area contributed by atoms with E-state index in [1.807, 2.05) is 0 Å². The quantitative estimate of drug-likeness (QED) is 0.370. The molecular formula is C8H15NO5. The Morgan fingerprint density at radius 2 is 1.57 bits per heavy atom. The standard InChI is InChI=1S/C8H15NO5/c1-3(10)6(12)5(9)8(14)7(13)4(2)11/h4-5,7-8,11,13-14H,9H2,1-2H3/t4-,5+,7+,8-/m1/s1. The van der Waals surface area contributed by atoms with Crippen LogP contribution in [0.5, 0.6) is 0 Å². The maximum absolute atomic E-state index is 11.0. The van der Waals surface area contributed by atoms with Gasteiger partial charge in [-0.25, -0.2) is 0 Å². The lowest BCUT2D eigenvalue weighted by Gasteiger charge is -2.23. The predicted octanol–water partition coefficient (Wildman–Crippen LogP) is -2.43. The van der Waals surface area contributed by atoms with Crippen molar-refractivity contribution in [3.63, 3.8) is 0 Å². The molecule has 0 spiro atoms. The number of hydrogen-bond donors (Lipinski definition) is 4. The smallest absolute Gasteiger partial charge is 0.217 e. The first-order chi connectivity index (χ1) is 6.29. The minimum Gasteiger partial charge on any atom is -0.391 e. The first kappa shape index (κ1) is 13.2. The minimum atomic E-state index is -1.65. The van der Waals surface area contributed by atoms with Crippen molar-refractivity contribution in [1.82, 2.24) is 0 Å². The van der Waals surface area contributed by atoms with E-state index < -0.39 is 35.9 Å². The zero-order valence-corrected chi connectivity index (χ0v) is 8.04. The summed E-state index contributed by atoms with van der Waals surface area (Å²) in [6.07, 6.45) is -4.42. The van der Waals surface area contributed by atoms with E-state index in [4.69, 9.17) is 15.9 Å². The Balaban J connectivity index is 4.46. The monoisotopic (exact) mass is 205 g/mol. The molecule has 6 nitrogen and oxygen atoms in total. The zero-order valence-electron chi connectivity index (χ0n) is 8.04. The number of carbonyl (C=O) groups is 2. The Labute approximate surface area is 81.3 Å². The number of nitrogens with two attached hydrogens (primary N) is 1. The molecule has 0 heterocycles. The summed E-state index contributed by atoms with van der Waals surface area (Å²) in [5.74, 6) is -1.77. The van der Waals surface area contributed by atoms with Crippen LogP contribution in [0.25, 0.3) is 0 Å². The molecule has 6 heteroatoms. The maximum Gasteiger partial charge on any atom is 0.217 e. The van der Waals surface area contributed by atoms with Crippen LogP contribution in [0.3, 0.4) is 0 Å². The van der Waals surface area contributed by atoms with Gasteiger partial charge >= 0.3 is 0 Å². The fraction of sp³-hybridized carbons (Fsp3) is 0.750. The number of rotatable bonds is 5. The normalized spacial score (nSPS) is 19.6. The molecule has 5 N–H and O–H groups in total. The van der Waals surface area contributed by atoms with Gasteiger partial charge < -0.3 is 21.1 Å². The van der Waals surface area contributed by atoms with Gasteiger partial charge in [0.05, 0.1) is 6.10 Å². The van der Waals surface area contributed by atoms with E-state index in [0.29, 0.717) is 0 Å². The van der Waals surface area contributed by atoms with E-state index in [9.17, 15) is 14.7 Å². The Morgan fingerprint density at radius 1 is 1.14 bits per heavy atom. The summed E-state index contributed by atoms with van der Waals surface area (Å²) in [5, 5.41) is 27.3. The van der Waals surface area contributed by atoms with Crippen molar-refractivity contribution in [2.75, 3.05) is 0 Å². The second-order valence-electron chi connectivity index (χ2n) is 3.17. The molecule has 4 atom stereocenters. The molecule has 14 heavy (non-hydrogen) atoms. The molecule has 0 rings (SSSR count). The number of hydrogen-bond acceptors (Lipinski definition) is 6. The average Bonchev–Trinajstić information content (AvgIpc) is 2.12. The zero-order chi connectivity index (χ0) is 11.5. The first-order valence-electron chi connectivity index (χ1n) is 4.13. The summed E-state index contributed by atoms with van der Waals surface area (Å²) in [4.78, 5) is 21.6. The highest BCUT2D eigenvalue weighted by Crippen LogP contribution is 2.04. The van der Waals surface area contributed by atoms with Gasteiger partial charge in [0.1, 0.15) is 18.2 Å². The molecule has 0 aliphatic rings. The summed E-state index contributed by atoms with van der Waals surface area (Å²) in [6.45, 7) is 2.25. The van der Waals surface area contributed by atoms with Gasteiger partial charge in [0.15, 0.2) is 5.78 Å². The number of aliphatic hydroxyl groups excluding tert-OH is 3. The summed E-state index contributed by atoms with van der Waals surface area (Å²) < 4.78 is 0. The van der Waals surface area contributed by atoms with Gasteiger partial charge in [-0.1, -0.05) is 0 Å². The lowest BCUT2D eigenvalue weighted by atomic mass is 9.98. The maximum atomic E-state index is 11.0. The third-order valence-electron chi connectivity index (χ3n) is 1.86. The van der Waals surface area contributed by atoms with E-state index in [-0.39, 0.29) is 0 Å². The third-order valence-corrected chi connectivity index (χ3v) is 1.86. The Morgan fingerprint density at radius 3 is 1.86 bits per heavy atom. The number of ketones is 2. The molecule has 0 aliphatic heterocycles. The van der Waals surface area contributed by atoms with Gasteiger partial charge in [0.2, 0.25) is 5.78 Å². The van der Waals surface area contributed by atoms with Crippen LogP contribution in [0.15, 0.2) is 0 Å². The summed E-state index contributed by atoms with van der Waals surface area (Å²) in [7, 11) is 0. The van der Waals surface area contributed by atoms with Crippen LogP contribution in [-0.2, 0) is 9.59 Å². The largest absolute Gasteiger partial charge is 0.391 e. The lowest BCUT2D eigenvalue weighted by Crippen LogP contribution is -2.52. The van der Waals surface area contributed by atoms with E-state index >= 15 is 0 Å². The molecule has 0 saturated carbocycles. The highest BCUT2D eigenvalue weighted by molar-refractivity contribution is 6.38. The van der Waals surface area contributed by atoms with Crippen LogP contribution in [0.4, 0.5) is 0 Å². The lowest BCUT2D eigenvalue weighted by molar-refractivity contribution is -0.140. The number of Topliss-reactive ketones (excluding diaryl/α,β-unsaturated/α-hetero) is 2. The SMILES string of the molecule is CC(=O)C(=O)[C@H](N)[C@@H](O)[C@@H](O)[C@@H](C)O. The summed E-state index contributed by atoms with van der Waals surface area (Å²) >= 11 is 0. The topological polar surface area (TPSA) is 121 Å². The molecular weight excluding hydrogens is 190 g/mol.